The van der Waals surface area contributed by atoms with Gasteiger partial charge in [0.1, 0.15) is 0 Å². The van der Waals surface area contributed by atoms with E-state index >= 15 is 0 Å². The van der Waals surface area contributed by atoms with Crippen LogP contribution >= 0.6 is 11.6 Å². The third-order valence-electron chi connectivity index (χ3n) is 2.89. The van der Waals surface area contributed by atoms with Crippen LogP contribution in [0.5, 0.6) is 0 Å². The molecule has 0 unspecified atom stereocenters. The van der Waals surface area contributed by atoms with Gasteiger partial charge in [-0.15, -0.1) is 0 Å². The Morgan fingerprint density at radius 2 is 2.00 bits per heavy atom. The summed E-state index contributed by atoms with van der Waals surface area (Å²) in [5.41, 5.74) is 8.69. The first-order chi connectivity index (χ1) is 9.08. The maximum absolute atomic E-state index is 12.1. The Morgan fingerprint density at radius 1 is 1.26 bits per heavy atom. The van der Waals surface area contributed by atoms with Gasteiger partial charge in [0, 0.05) is 22.8 Å². The number of rotatable bonds is 3. The molecular formula is C15H15ClN2O. The van der Waals surface area contributed by atoms with E-state index < -0.39 is 0 Å². The molecule has 0 radical (unpaired) electrons. The molecule has 2 rings (SSSR count). The molecule has 19 heavy (non-hydrogen) atoms. The van der Waals surface area contributed by atoms with Gasteiger partial charge in [0.25, 0.3) is 5.91 Å². The summed E-state index contributed by atoms with van der Waals surface area (Å²) in [5.74, 6) is -0.127. The van der Waals surface area contributed by atoms with Crippen LogP contribution in [0, 0.1) is 6.92 Å². The minimum Gasteiger partial charge on any atom is -0.399 e. The van der Waals surface area contributed by atoms with Crippen molar-refractivity contribution < 1.29 is 4.79 Å². The molecule has 98 valence electrons. The summed E-state index contributed by atoms with van der Waals surface area (Å²) in [6.07, 6.45) is 0. The number of hydrogen-bond donors (Lipinski definition) is 2. The maximum Gasteiger partial charge on any atom is 0.251 e. The molecular weight excluding hydrogens is 260 g/mol. The van der Waals surface area contributed by atoms with E-state index in [1.807, 2.05) is 25.1 Å². The van der Waals surface area contributed by atoms with Gasteiger partial charge < -0.3 is 11.1 Å². The van der Waals surface area contributed by atoms with Crippen molar-refractivity contribution in [1.29, 1.82) is 0 Å². The van der Waals surface area contributed by atoms with Crippen LogP contribution in [0.3, 0.4) is 0 Å². The lowest BCUT2D eigenvalue weighted by molar-refractivity contribution is 0.0950. The van der Waals surface area contributed by atoms with Crippen molar-refractivity contribution >= 4 is 23.2 Å². The minimum absolute atomic E-state index is 0.127. The van der Waals surface area contributed by atoms with Crippen molar-refractivity contribution in [3.63, 3.8) is 0 Å². The van der Waals surface area contributed by atoms with Crippen molar-refractivity contribution in [1.82, 2.24) is 5.32 Å². The first-order valence-electron chi connectivity index (χ1n) is 5.95. The van der Waals surface area contributed by atoms with Crippen molar-refractivity contribution in [2.45, 2.75) is 13.5 Å². The molecule has 0 saturated heterocycles. The number of carbonyl (C=O) groups is 1. The zero-order chi connectivity index (χ0) is 13.8. The van der Waals surface area contributed by atoms with Crippen LogP contribution in [-0.2, 0) is 6.54 Å². The zero-order valence-corrected chi connectivity index (χ0v) is 11.4. The van der Waals surface area contributed by atoms with Gasteiger partial charge in [-0.05, 0) is 42.3 Å². The van der Waals surface area contributed by atoms with Gasteiger partial charge in [-0.3, -0.25) is 4.79 Å². The molecule has 0 fully saturated rings. The Morgan fingerprint density at radius 3 is 2.68 bits per heavy atom. The predicted molar refractivity (Wildman–Crippen MR) is 78.2 cm³/mol. The first-order valence-corrected chi connectivity index (χ1v) is 6.33. The fraction of sp³-hybridized carbons (Fsp3) is 0.133. The Kier molecular flexibility index (Phi) is 4.07. The smallest absolute Gasteiger partial charge is 0.251 e. The third kappa shape index (κ3) is 3.26. The molecule has 3 N–H and O–H groups in total. The average Bonchev–Trinajstić information content (AvgIpc) is 2.37. The number of carbonyl (C=O) groups excluding carboxylic acids is 1. The molecule has 0 aliphatic carbocycles. The molecule has 0 aliphatic heterocycles. The molecule has 1 amide bonds. The number of amides is 1. The number of nitrogens with two attached hydrogens (primary N) is 1. The van der Waals surface area contributed by atoms with Crippen LogP contribution in [0.15, 0.2) is 42.5 Å². The molecule has 0 spiro atoms. The Balaban J connectivity index is 2.08. The number of halogens is 1. The lowest BCUT2D eigenvalue weighted by atomic mass is 10.1. The van der Waals surface area contributed by atoms with Crippen LogP contribution in [0.25, 0.3) is 0 Å². The summed E-state index contributed by atoms with van der Waals surface area (Å²) in [6, 6.07) is 12.7. The highest BCUT2D eigenvalue weighted by Crippen LogP contribution is 2.16. The molecule has 4 heteroatoms. The van der Waals surface area contributed by atoms with Crippen molar-refractivity contribution in [3.8, 4) is 0 Å². The van der Waals surface area contributed by atoms with Gasteiger partial charge in [0.05, 0.1) is 0 Å². The molecule has 0 bridgehead atoms. The van der Waals surface area contributed by atoms with Crippen molar-refractivity contribution in [3.05, 3.63) is 64.2 Å². The molecule has 0 aliphatic rings. The maximum atomic E-state index is 12.1. The average molecular weight is 275 g/mol. The van der Waals surface area contributed by atoms with E-state index in [0.717, 1.165) is 11.1 Å². The standard InChI is InChI=1S/C15H15ClN2O/c1-10-8-12(17)6-7-13(10)15(19)18-9-11-4-2-3-5-14(11)16/h2-8H,9,17H2,1H3,(H,18,19). The first kappa shape index (κ1) is 13.4. The Bertz CT molecular complexity index is 611. The number of aryl methyl sites for hydroxylation is 1. The minimum atomic E-state index is -0.127. The van der Waals surface area contributed by atoms with E-state index in [-0.39, 0.29) is 5.91 Å². The summed E-state index contributed by atoms with van der Waals surface area (Å²) in [4.78, 5) is 12.1. The van der Waals surface area contributed by atoms with E-state index in [1.165, 1.54) is 0 Å². The topological polar surface area (TPSA) is 55.1 Å². The number of anilines is 1. The molecule has 2 aromatic carbocycles. The van der Waals surface area contributed by atoms with Gasteiger partial charge in [-0.25, -0.2) is 0 Å². The summed E-state index contributed by atoms with van der Waals surface area (Å²) in [6.45, 7) is 2.27. The predicted octanol–water partition coefficient (Wildman–Crippen LogP) is 3.16. The highest BCUT2D eigenvalue weighted by molar-refractivity contribution is 6.31. The lowest BCUT2D eigenvalue weighted by Gasteiger charge is -2.09. The van der Waals surface area contributed by atoms with E-state index in [2.05, 4.69) is 5.32 Å². The van der Waals surface area contributed by atoms with Crippen molar-refractivity contribution in [2.75, 3.05) is 5.73 Å². The van der Waals surface area contributed by atoms with Gasteiger partial charge in [-0.2, -0.15) is 0 Å². The monoisotopic (exact) mass is 274 g/mol. The Hall–Kier alpha value is -2.00. The van der Waals surface area contributed by atoms with Gasteiger partial charge in [0.2, 0.25) is 0 Å². The second kappa shape index (κ2) is 5.76. The third-order valence-corrected chi connectivity index (χ3v) is 3.26. The number of hydrogen-bond acceptors (Lipinski definition) is 2. The number of nitrogens with one attached hydrogen (secondary N) is 1. The van der Waals surface area contributed by atoms with Crippen LogP contribution in [0.1, 0.15) is 21.5 Å². The summed E-state index contributed by atoms with van der Waals surface area (Å²) >= 11 is 6.04. The Labute approximate surface area is 117 Å². The van der Waals surface area contributed by atoms with E-state index in [0.29, 0.717) is 22.8 Å². The van der Waals surface area contributed by atoms with Crippen LogP contribution in [0.2, 0.25) is 5.02 Å². The number of nitrogen functional groups attached to an aromatic ring is 1. The largest absolute Gasteiger partial charge is 0.399 e. The normalized spacial score (nSPS) is 10.2. The van der Waals surface area contributed by atoms with Gasteiger partial charge in [0.15, 0.2) is 0 Å². The fourth-order valence-corrected chi connectivity index (χ4v) is 2.06. The molecule has 3 nitrogen and oxygen atoms in total. The highest BCUT2D eigenvalue weighted by Gasteiger charge is 2.09. The second-order valence-corrected chi connectivity index (χ2v) is 4.76. The van der Waals surface area contributed by atoms with Crippen LogP contribution in [-0.4, -0.2) is 5.91 Å². The fourth-order valence-electron chi connectivity index (χ4n) is 1.85. The highest BCUT2D eigenvalue weighted by atomic mass is 35.5. The van der Waals surface area contributed by atoms with Gasteiger partial charge >= 0.3 is 0 Å². The molecule has 2 aromatic rings. The van der Waals surface area contributed by atoms with E-state index in [4.69, 9.17) is 17.3 Å². The molecule has 0 saturated carbocycles. The SMILES string of the molecule is Cc1cc(N)ccc1C(=O)NCc1ccccc1Cl. The summed E-state index contributed by atoms with van der Waals surface area (Å²) in [7, 11) is 0. The van der Waals surface area contributed by atoms with Gasteiger partial charge in [-0.1, -0.05) is 29.8 Å². The number of benzene rings is 2. The molecule has 0 heterocycles. The lowest BCUT2D eigenvalue weighted by Crippen LogP contribution is -2.23. The quantitative estimate of drug-likeness (QED) is 0.845. The van der Waals surface area contributed by atoms with Crippen molar-refractivity contribution in [2.24, 2.45) is 0 Å². The molecule has 0 aromatic heterocycles. The van der Waals surface area contributed by atoms with E-state index in [9.17, 15) is 4.79 Å². The second-order valence-electron chi connectivity index (χ2n) is 4.35. The van der Waals surface area contributed by atoms with E-state index in [1.54, 1.807) is 24.3 Å². The molecule has 0 atom stereocenters. The zero-order valence-electron chi connectivity index (χ0n) is 10.6. The van der Waals surface area contributed by atoms with Crippen LogP contribution < -0.4 is 11.1 Å². The van der Waals surface area contributed by atoms with Crippen LogP contribution in [0.4, 0.5) is 5.69 Å². The summed E-state index contributed by atoms with van der Waals surface area (Å²) in [5, 5.41) is 3.50. The summed E-state index contributed by atoms with van der Waals surface area (Å²) < 4.78 is 0.